The molecule has 3 heteroatoms. The zero-order chi connectivity index (χ0) is 10.4. The van der Waals surface area contributed by atoms with E-state index in [1.165, 1.54) is 12.5 Å². The molecule has 0 aliphatic heterocycles. The van der Waals surface area contributed by atoms with E-state index < -0.39 is 0 Å². The van der Waals surface area contributed by atoms with Gasteiger partial charge in [0.15, 0.2) is 0 Å². The van der Waals surface area contributed by atoms with Crippen molar-refractivity contribution in [3.05, 3.63) is 12.7 Å². The Morgan fingerprint density at radius 1 is 1.36 bits per heavy atom. The molecule has 0 atom stereocenters. The highest BCUT2D eigenvalue weighted by Crippen LogP contribution is 2.22. The summed E-state index contributed by atoms with van der Waals surface area (Å²) in [5.74, 6) is -0.121. The Balaban J connectivity index is 2.59. The summed E-state index contributed by atoms with van der Waals surface area (Å²) in [6.45, 7) is 3.66. The summed E-state index contributed by atoms with van der Waals surface area (Å²) in [5.41, 5.74) is 0. The van der Waals surface area contributed by atoms with E-state index in [1.807, 2.05) is 0 Å². The maximum Gasteiger partial charge on any atom is 0.246 e. The fourth-order valence-electron chi connectivity index (χ4n) is 2.01. The molecule has 0 N–H and O–H groups in total. The highest BCUT2D eigenvalue weighted by Gasteiger charge is 2.23. The van der Waals surface area contributed by atoms with Crippen LogP contribution in [-0.4, -0.2) is 29.7 Å². The van der Waals surface area contributed by atoms with Crippen LogP contribution in [-0.2, 0) is 9.59 Å². The van der Waals surface area contributed by atoms with Crippen LogP contribution in [0.25, 0.3) is 0 Å². The number of carbonyl (C=O) groups is 2. The molecule has 1 fully saturated rings. The van der Waals surface area contributed by atoms with Crippen molar-refractivity contribution in [2.75, 3.05) is 6.54 Å². The lowest BCUT2D eigenvalue weighted by molar-refractivity contribution is -0.131. The van der Waals surface area contributed by atoms with Crippen molar-refractivity contribution in [2.45, 2.75) is 38.1 Å². The summed E-state index contributed by atoms with van der Waals surface area (Å²) in [7, 11) is 0. The van der Waals surface area contributed by atoms with E-state index in [4.69, 9.17) is 0 Å². The van der Waals surface area contributed by atoms with Crippen LogP contribution in [0.5, 0.6) is 0 Å². The molecule has 3 nitrogen and oxygen atoms in total. The largest absolute Gasteiger partial charge is 0.329 e. The lowest BCUT2D eigenvalue weighted by atomic mass is 9.94. The van der Waals surface area contributed by atoms with Crippen LogP contribution in [0.15, 0.2) is 12.7 Å². The minimum atomic E-state index is -0.121. The molecule has 0 unspecified atom stereocenters. The number of hydrogen-bond donors (Lipinski definition) is 0. The Kier molecular flexibility index (Phi) is 4.36. The number of carbonyl (C=O) groups excluding carboxylic acids is 2. The van der Waals surface area contributed by atoms with Crippen molar-refractivity contribution in [3.8, 4) is 0 Å². The molecule has 0 aromatic rings. The van der Waals surface area contributed by atoms with Crippen molar-refractivity contribution >= 4 is 12.2 Å². The van der Waals surface area contributed by atoms with Gasteiger partial charge in [-0.3, -0.25) is 4.79 Å². The quantitative estimate of drug-likeness (QED) is 0.504. The summed E-state index contributed by atoms with van der Waals surface area (Å²) in [4.78, 5) is 23.5. The van der Waals surface area contributed by atoms with Crippen molar-refractivity contribution in [1.82, 2.24) is 4.90 Å². The average Bonchev–Trinajstić information content (AvgIpc) is 2.26. The number of hydrogen-bond acceptors (Lipinski definition) is 2. The smallest absolute Gasteiger partial charge is 0.246 e. The first-order valence-corrected chi connectivity index (χ1v) is 5.16. The van der Waals surface area contributed by atoms with E-state index in [1.54, 1.807) is 4.90 Å². The van der Waals surface area contributed by atoms with Gasteiger partial charge in [-0.25, -0.2) is 0 Å². The molecule has 0 aromatic carbocycles. The summed E-state index contributed by atoms with van der Waals surface area (Å²) in [6, 6.07) is 0.249. The van der Waals surface area contributed by atoms with Gasteiger partial charge in [0, 0.05) is 6.04 Å². The van der Waals surface area contributed by atoms with E-state index in [-0.39, 0.29) is 18.5 Å². The summed E-state index contributed by atoms with van der Waals surface area (Å²) < 4.78 is 0. The zero-order valence-electron chi connectivity index (χ0n) is 8.45. The second-order valence-electron chi connectivity index (χ2n) is 3.65. The number of aldehydes is 1. The minimum absolute atomic E-state index is 0.121. The second kappa shape index (κ2) is 5.58. The van der Waals surface area contributed by atoms with Gasteiger partial charge < -0.3 is 9.69 Å². The predicted octanol–water partition coefficient (Wildman–Crippen LogP) is 1.53. The van der Waals surface area contributed by atoms with Crippen LogP contribution in [0.3, 0.4) is 0 Å². The van der Waals surface area contributed by atoms with Gasteiger partial charge in [0.2, 0.25) is 5.91 Å². The third kappa shape index (κ3) is 2.69. The van der Waals surface area contributed by atoms with Gasteiger partial charge in [-0.2, -0.15) is 0 Å². The van der Waals surface area contributed by atoms with E-state index in [9.17, 15) is 9.59 Å². The van der Waals surface area contributed by atoms with Crippen LogP contribution in [0.1, 0.15) is 32.1 Å². The maximum atomic E-state index is 11.5. The maximum absolute atomic E-state index is 11.5. The van der Waals surface area contributed by atoms with Crippen LogP contribution in [0, 0.1) is 0 Å². The lowest BCUT2D eigenvalue weighted by Gasteiger charge is -2.32. The molecular weight excluding hydrogens is 178 g/mol. The fourth-order valence-corrected chi connectivity index (χ4v) is 2.01. The molecule has 1 aliphatic carbocycles. The second-order valence-corrected chi connectivity index (χ2v) is 3.65. The van der Waals surface area contributed by atoms with Crippen LogP contribution < -0.4 is 0 Å². The molecule has 14 heavy (non-hydrogen) atoms. The fraction of sp³-hybridized carbons (Fsp3) is 0.636. The van der Waals surface area contributed by atoms with E-state index in [2.05, 4.69) is 6.58 Å². The third-order valence-electron chi connectivity index (χ3n) is 2.74. The van der Waals surface area contributed by atoms with E-state index in [0.717, 1.165) is 32.0 Å². The summed E-state index contributed by atoms with van der Waals surface area (Å²) in [6.07, 6.45) is 7.68. The molecule has 1 aliphatic rings. The monoisotopic (exact) mass is 195 g/mol. The molecule has 0 heterocycles. The van der Waals surface area contributed by atoms with Crippen molar-refractivity contribution in [1.29, 1.82) is 0 Å². The lowest BCUT2D eigenvalue weighted by Crippen LogP contribution is -2.41. The topological polar surface area (TPSA) is 37.4 Å². The van der Waals surface area contributed by atoms with Gasteiger partial charge in [0.1, 0.15) is 6.29 Å². The van der Waals surface area contributed by atoms with Crippen LogP contribution in [0.4, 0.5) is 0 Å². The Labute approximate surface area is 84.8 Å². The van der Waals surface area contributed by atoms with Crippen molar-refractivity contribution in [2.24, 2.45) is 0 Å². The first-order chi connectivity index (χ1) is 6.79. The highest BCUT2D eigenvalue weighted by molar-refractivity contribution is 5.88. The van der Waals surface area contributed by atoms with Crippen molar-refractivity contribution < 1.29 is 9.59 Å². The van der Waals surface area contributed by atoms with E-state index in [0.29, 0.717) is 0 Å². The molecule has 1 amide bonds. The minimum Gasteiger partial charge on any atom is -0.329 e. The SMILES string of the molecule is C=CC(=O)N(CC=O)C1CCCCC1. The van der Waals surface area contributed by atoms with Gasteiger partial charge in [0.05, 0.1) is 6.54 Å². The summed E-state index contributed by atoms with van der Waals surface area (Å²) >= 11 is 0. The Bertz CT molecular complexity index is 219. The van der Waals surface area contributed by atoms with E-state index >= 15 is 0 Å². The Morgan fingerprint density at radius 2 is 2.00 bits per heavy atom. The predicted molar refractivity (Wildman–Crippen MR) is 54.8 cm³/mol. The first kappa shape index (κ1) is 11.0. The van der Waals surface area contributed by atoms with Crippen molar-refractivity contribution in [3.63, 3.8) is 0 Å². The first-order valence-electron chi connectivity index (χ1n) is 5.16. The molecule has 0 spiro atoms. The Hall–Kier alpha value is -1.12. The number of nitrogens with zero attached hydrogens (tertiary/aromatic N) is 1. The summed E-state index contributed by atoms with van der Waals surface area (Å²) in [5, 5.41) is 0. The van der Waals surface area contributed by atoms with Gasteiger partial charge in [0.25, 0.3) is 0 Å². The Morgan fingerprint density at radius 3 is 2.50 bits per heavy atom. The molecular formula is C11H17NO2. The van der Waals surface area contributed by atoms with Gasteiger partial charge in [-0.15, -0.1) is 0 Å². The molecule has 1 saturated carbocycles. The normalized spacial score (nSPS) is 17.4. The van der Waals surface area contributed by atoms with Crippen LogP contribution in [0.2, 0.25) is 0 Å². The third-order valence-corrected chi connectivity index (χ3v) is 2.74. The average molecular weight is 195 g/mol. The molecule has 0 saturated heterocycles. The molecule has 1 rings (SSSR count). The standard InChI is InChI=1S/C11H17NO2/c1-2-11(14)12(8-9-13)10-6-4-3-5-7-10/h2,9-10H,1,3-8H2. The zero-order valence-corrected chi connectivity index (χ0v) is 8.45. The molecule has 0 aromatic heterocycles. The molecule has 0 radical (unpaired) electrons. The molecule has 78 valence electrons. The van der Waals surface area contributed by atoms with Gasteiger partial charge >= 0.3 is 0 Å². The van der Waals surface area contributed by atoms with Gasteiger partial charge in [-0.1, -0.05) is 25.8 Å². The number of rotatable bonds is 4. The number of amides is 1. The molecule has 0 bridgehead atoms. The highest BCUT2D eigenvalue weighted by atomic mass is 16.2. The van der Waals surface area contributed by atoms with Gasteiger partial charge in [-0.05, 0) is 18.9 Å². The van der Waals surface area contributed by atoms with Crippen LogP contribution >= 0.6 is 0 Å².